The van der Waals surface area contributed by atoms with Crippen LogP contribution in [0.25, 0.3) is 0 Å². The number of nitrogens with zero attached hydrogens (tertiary/aromatic N) is 2. The van der Waals surface area contributed by atoms with Gasteiger partial charge in [0.2, 0.25) is 5.91 Å². The molecule has 0 aliphatic carbocycles. The fourth-order valence-electron chi connectivity index (χ4n) is 2.32. The molecule has 0 aromatic carbocycles. The molecule has 1 aliphatic rings. The van der Waals surface area contributed by atoms with E-state index in [2.05, 4.69) is 15.2 Å². The zero-order chi connectivity index (χ0) is 12.3. The van der Waals surface area contributed by atoms with Crippen molar-refractivity contribution in [1.82, 2.24) is 10.3 Å². The highest BCUT2D eigenvalue weighted by Crippen LogP contribution is 2.28. The number of carbonyl (C=O) groups is 1. The maximum absolute atomic E-state index is 11.9. The molecular formula is C12H18N4O. The number of carbonyl (C=O) groups excluding carboxylic acids is 1. The third kappa shape index (κ3) is 2.33. The Bertz CT molecular complexity index is 407. The summed E-state index contributed by atoms with van der Waals surface area (Å²) in [5, 5.41) is 2.72. The molecule has 0 spiro atoms. The van der Waals surface area contributed by atoms with Crippen molar-refractivity contribution in [3.05, 3.63) is 18.5 Å². The van der Waals surface area contributed by atoms with Crippen LogP contribution in [0.1, 0.15) is 19.3 Å². The Hall–Kier alpha value is -1.78. The van der Waals surface area contributed by atoms with Crippen LogP contribution < -0.4 is 16.0 Å². The van der Waals surface area contributed by atoms with Gasteiger partial charge in [0.15, 0.2) is 0 Å². The van der Waals surface area contributed by atoms with Crippen molar-refractivity contribution in [3.8, 4) is 0 Å². The van der Waals surface area contributed by atoms with Crippen LogP contribution in [-0.4, -0.2) is 30.5 Å². The third-order valence-corrected chi connectivity index (χ3v) is 3.19. The maximum Gasteiger partial charge on any atom is 0.242 e. The van der Waals surface area contributed by atoms with Gasteiger partial charge < -0.3 is 16.0 Å². The molecule has 1 fully saturated rings. The topological polar surface area (TPSA) is 71.2 Å². The van der Waals surface area contributed by atoms with Gasteiger partial charge in [-0.1, -0.05) is 0 Å². The molecule has 1 amide bonds. The van der Waals surface area contributed by atoms with Gasteiger partial charge in [0.05, 0.1) is 17.6 Å². The highest BCUT2D eigenvalue weighted by molar-refractivity contribution is 5.86. The number of pyridine rings is 1. The van der Waals surface area contributed by atoms with Gasteiger partial charge in [0, 0.05) is 19.8 Å². The van der Waals surface area contributed by atoms with Gasteiger partial charge in [-0.05, 0) is 25.3 Å². The first-order valence-corrected chi connectivity index (χ1v) is 5.91. The number of nitrogens with one attached hydrogen (secondary N) is 1. The van der Waals surface area contributed by atoms with Crippen molar-refractivity contribution in [3.63, 3.8) is 0 Å². The van der Waals surface area contributed by atoms with Gasteiger partial charge in [0.1, 0.15) is 6.04 Å². The number of piperidine rings is 1. The van der Waals surface area contributed by atoms with E-state index in [1.54, 1.807) is 19.4 Å². The molecule has 1 atom stereocenters. The lowest BCUT2D eigenvalue weighted by Crippen LogP contribution is -2.49. The van der Waals surface area contributed by atoms with E-state index in [1.165, 1.54) is 0 Å². The molecule has 0 radical (unpaired) electrons. The molecule has 5 nitrogen and oxygen atoms in total. The molecule has 1 aromatic rings. The summed E-state index contributed by atoms with van der Waals surface area (Å²) < 4.78 is 0. The molecule has 2 heterocycles. The summed E-state index contributed by atoms with van der Waals surface area (Å²) in [5.41, 5.74) is 7.46. The average Bonchev–Trinajstić information content (AvgIpc) is 2.38. The predicted molar refractivity (Wildman–Crippen MR) is 67.7 cm³/mol. The normalized spacial score (nSPS) is 20.1. The first-order valence-electron chi connectivity index (χ1n) is 5.91. The van der Waals surface area contributed by atoms with Gasteiger partial charge in [0.25, 0.3) is 0 Å². The molecule has 3 N–H and O–H groups in total. The third-order valence-electron chi connectivity index (χ3n) is 3.19. The van der Waals surface area contributed by atoms with Crippen LogP contribution in [0.5, 0.6) is 0 Å². The van der Waals surface area contributed by atoms with Crippen LogP contribution in [0.2, 0.25) is 0 Å². The number of rotatable bonds is 2. The number of hydrogen-bond acceptors (Lipinski definition) is 4. The minimum absolute atomic E-state index is 0.0564. The lowest BCUT2D eigenvalue weighted by Gasteiger charge is -2.36. The Morgan fingerprint density at radius 3 is 3.12 bits per heavy atom. The van der Waals surface area contributed by atoms with Crippen LogP contribution in [0.3, 0.4) is 0 Å². The van der Waals surface area contributed by atoms with Gasteiger partial charge >= 0.3 is 0 Å². The SMILES string of the molecule is CNC(=O)C1CCCCN1c1ccncc1N. The van der Waals surface area contributed by atoms with Crippen molar-refractivity contribution < 1.29 is 4.79 Å². The second kappa shape index (κ2) is 5.03. The Morgan fingerprint density at radius 2 is 2.41 bits per heavy atom. The molecular weight excluding hydrogens is 216 g/mol. The van der Waals surface area contributed by atoms with Crippen molar-refractivity contribution >= 4 is 17.3 Å². The van der Waals surface area contributed by atoms with E-state index in [1.807, 2.05) is 6.07 Å². The maximum atomic E-state index is 11.9. The second-order valence-corrected chi connectivity index (χ2v) is 4.25. The van der Waals surface area contributed by atoms with Crippen LogP contribution in [-0.2, 0) is 4.79 Å². The van der Waals surface area contributed by atoms with Gasteiger partial charge in [-0.25, -0.2) is 0 Å². The van der Waals surface area contributed by atoms with E-state index in [9.17, 15) is 4.79 Å². The molecule has 2 rings (SSSR count). The average molecular weight is 234 g/mol. The smallest absolute Gasteiger partial charge is 0.242 e. The highest BCUT2D eigenvalue weighted by atomic mass is 16.2. The Balaban J connectivity index is 2.28. The van der Waals surface area contributed by atoms with E-state index in [-0.39, 0.29) is 11.9 Å². The van der Waals surface area contributed by atoms with E-state index in [4.69, 9.17) is 5.73 Å². The quantitative estimate of drug-likeness (QED) is 0.793. The number of hydrogen-bond donors (Lipinski definition) is 2. The summed E-state index contributed by atoms with van der Waals surface area (Å²) in [7, 11) is 1.67. The predicted octanol–water partition coefficient (Wildman–Crippen LogP) is 0.769. The van der Waals surface area contributed by atoms with Crippen LogP contribution in [0.15, 0.2) is 18.5 Å². The molecule has 92 valence electrons. The van der Waals surface area contributed by atoms with Crippen molar-refractivity contribution in [1.29, 1.82) is 0 Å². The zero-order valence-electron chi connectivity index (χ0n) is 10.0. The Kier molecular flexibility index (Phi) is 3.46. The summed E-state index contributed by atoms with van der Waals surface area (Å²) >= 11 is 0. The number of likely N-dealkylation sites (N-methyl/N-ethyl adjacent to an activating group) is 1. The Labute approximate surface area is 101 Å². The fraction of sp³-hybridized carbons (Fsp3) is 0.500. The molecule has 1 unspecified atom stereocenters. The Morgan fingerprint density at radius 1 is 1.59 bits per heavy atom. The van der Waals surface area contributed by atoms with Crippen LogP contribution in [0.4, 0.5) is 11.4 Å². The van der Waals surface area contributed by atoms with Crippen LogP contribution in [0, 0.1) is 0 Å². The van der Waals surface area contributed by atoms with Crippen LogP contribution >= 0.6 is 0 Å². The van der Waals surface area contributed by atoms with E-state index < -0.39 is 0 Å². The van der Waals surface area contributed by atoms with Gasteiger partial charge in [-0.3, -0.25) is 9.78 Å². The molecule has 17 heavy (non-hydrogen) atoms. The molecule has 1 aliphatic heterocycles. The largest absolute Gasteiger partial charge is 0.396 e. The number of nitrogen functional groups attached to an aromatic ring is 1. The van der Waals surface area contributed by atoms with Gasteiger partial charge in [-0.15, -0.1) is 0 Å². The molecule has 1 aromatic heterocycles. The molecule has 5 heteroatoms. The minimum atomic E-state index is -0.113. The van der Waals surface area contributed by atoms with Crippen molar-refractivity contribution in [2.75, 3.05) is 24.2 Å². The standard InChI is InChI=1S/C12H18N4O/c1-14-12(17)11-4-2-3-7-16(11)10-5-6-15-8-9(10)13/h5-6,8,11H,2-4,7,13H2,1H3,(H,14,17). The number of nitrogens with two attached hydrogens (primary N) is 1. The summed E-state index contributed by atoms with van der Waals surface area (Å²) in [4.78, 5) is 17.9. The van der Waals surface area contributed by atoms with Crippen molar-refractivity contribution in [2.24, 2.45) is 0 Å². The van der Waals surface area contributed by atoms with Crippen molar-refractivity contribution in [2.45, 2.75) is 25.3 Å². The molecule has 0 saturated carbocycles. The minimum Gasteiger partial charge on any atom is -0.396 e. The summed E-state index contributed by atoms with van der Waals surface area (Å²) in [5.74, 6) is 0.0564. The van der Waals surface area contributed by atoms with E-state index in [0.717, 1.165) is 31.5 Å². The zero-order valence-corrected chi connectivity index (χ0v) is 10.0. The fourth-order valence-corrected chi connectivity index (χ4v) is 2.32. The monoisotopic (exact) mass is 234 g/mol. The lowest BCUT2D eigenvalue weighted by molar-refractivity contribution is -0.122. The van der Waals surface area contributed by atoms with Gasteiger partial charge in [-0.2, -0.15) is 0 Å². The summed E-state index contributed by atoms with van der Waals surface area (Å²) in [6, 6.07) is 1.76. The number of aromatic nitrogens is 1. The molecule has 1 saturated heterocycles. The molecule has 0 bridgehead atoms. The summed E-state index contributed by atoms with van der Waals surface area (Å²) in [6.07, 6.45) is 6.39. The van der Waals surface area contributed by atoms with E-state index in [0.29, 0.717) is 5.69 Å². The first-order chi connectivity index (χ1) is 8.24. The highest BCUT2D eigenvalue weighted by Gasteiger charge is 2.28. The van der Waals surface area contributed by atoms with E-state index >= 15 is 0 Å². The second-order valence-electron chi connectivity index (χ2n) is 4.25. The lowest BCUT2D eigenvalue weighted by atomic mass is 10.0. The summed E-state index contributed by atoms with van der Waals surface area (Å²) in [6.45, 7) is 0.867. The number of amides is 1. The first kappa shape index (κ1) is 11.7. The number of anilines is 2.